The number of alkyl halides is 5. The fraction of sp³-hybridized carbons (Fsp3) is 0.250. The molecule has 0 unspecified atom stereocenters. The molecule has 1 N–H and O–H groups in total. The Bertz CT molecular complexity index is 1540. The maximum atomic E-state index is 13.8. The molecule has 0 saturated heterocycles. The molecule has 0 radical (unpaired) electrons. The standard InChI is InChI=1S/C28H21ClF5N3O3/c29-19-8-9-20(18-6-4-16(5-7-18)17-10-12-27(30,31)13-11-17)21(14-19)22-2-1-3-24(36-22)37-25(28(32,33)34)23(15-35-37)40-26(38)39/h1-9,14-15,17H,10-13H2,(H,38,39). The van der Waals surface area contributed by atoms with E-state index in [1.165, 1.54) is 12.1 Å². The van der Waals surface area contributed by atoms with Crippen LogP contribution < -0.4 is 4.74 Å². The molecule has 5 rings (SSSR count). The van der Waals surface area contributed by atoms with Gasteiger partial charge in [0.15, 0.2) is 17.3 Å². The minimum atomic E-state index is -4.99. The van der Waals surface area contributed by atoms with Gasteiger partial charge in [0.25, 0.3) is 0 Å². The van der Waals surface area contributed by atoms with E-state index in [-0.39, 0.29) is 30.3 Å². The van der Waals surface area contributed by atoms with Crippen molar-refractivity contribution in [2.45, 2.75) is 43.7 Å². The third-order valence-electron chi connectivity index (χ3n) is 6.82. The Kier molecular flexibility index (Phi) is 7.26. The summed E-state index contributed by atoms with van der Waals surface area (Å²) in [4.78, 5) is 15.3. The number of hydrogen-bond acceptors (Lipinski definition) is 4. The van der Waals surface area contributed by atoms with Gasteiger partial charge in [0.05, 0.1) is 11.9 Å². The third kappa shape index (κ3) is 5.79. The molecule has 1 aliphatic carbocycles. The maximum Gasteiger partial charge on any atom is 0.511 e. The second-order valence-corrected chi connectivity index (χ2v) is 9.89. The number of carboxylic acid groups (broad SMARTS) is 1. The summed E-state index contributed by atoms with van der Waals surface area (Å²) < 4.78 is 73.4. The van der Waals surface area contributed by atoms with Crippen molar-refractivity contribution in [2.75, 3.05) is 0 Å². The Morgan fingerprint density at radius 1 is 1.02 bits per heavy atom. The molecule has 0 aliphatic heterocycles. The number of ether oxygens (including phenoxy) is 1. The lowest BCUT2D eigenvalue weighted by atomic mass is 9.82. The fourth-order valence-electron chi connectivity index (χ4n) is 4.92. The zero-order valence-electron chi connectivity index (χ0n) is 20.6. The monoisotopic (exact) mass is 577 g/mol. The molecule has 2 heterocycles. The van der Waals surface area contributed by atoms with Crippen LogP contribution in [0, 0.1) is 0 Å². The van der Waals surface area contributed by atoms with Gasteiger partial charge in [-0.1, -0.05) is 48.0 Å². The minimum Gasteiger partial charge on any atom is -0.449 e. The van der Waals surface area contributed by atoms with E-state index in [4.69, 9.17) is 16.7 Å². The molecule has 2 aromatic carbocycles. The van der Waals surface area contributed by atoms with Gasteiger partial charge in [-0.05, 0) is 59.7 Å². The molecule has 1 fully saturated rings. The van der Waals surface area contributed by atoms with Crippen molar-refractivity contribution in [1.29, 1.82) is 0 Å². The van der Waals surface area contributed by atoms with E-state index in [0.717, 1.165) is 11.1 Å². The fourth-order valence-corrected chi connectivity index (χ4v) is 5.09. The number of carbonyl (C=O) groups is 1. The van der Waals surface area contributed by atoms with E-state index in [2.05, 4.69) is 14.8 Å². The van der Waals surface area contributed by atoms with Gasteiger partial charge in [-0.3, -0.25) is 0 Å². The summed E-state index contributed by atoms with van der Waals surface area (Å²) in [5.74, 6) is -3.76. The first-order valence-electron chi connectivity index (χ1n) is 12.2. The van der Waals surface area contributed by atoms with Gasteiger partial charge in [-0.25, -0.2) is 23.2 Å². The second kappa shape index (κ2) is 10.5. The van der Waals surface area contributed by atoms with Gasteiger partial charge < -0.3 is 9.84 Å². The van der Waals surface area contributed by atoms with Crippen LogP contribution in [0.5, 0.6) is 5.75 Å². The number of aromatic nitrogens is 3. The normalized spacial score (nSPS) is 15.7. The zero-order chi connectivity index (χ0) is 28.7. The first-order chi connectivity index (χ1) is 18.9. The summed E-state index contributed by atoms with van der Waals surface area (Å²) in [7, 11) is 0. The summed E-state index contributed by atoms with van der Waals surface area (Å²) in [5.41, 5.74) is 1.83. The van der Waals surface area contributed by atoms with Crippen molar-refractivity contribution in [3.8, 4) is 34.0 Å². The summed E-state index contributed by atoms with van der Waals surface area (Å²) >= 11 is 6.27. The highest BCUT2D eigenvalue weighted by atomic mass is 35.5. The van der Waals surface area contributed by atoms with Crippen LogP contribution in [0.1, 0.15) is 42.9 Å². The van der Waals surface area contributed by atoms with E-state index in [1.807, 2.05) is 24.3 Å². The van der Waals surface area contributed by atoms with Gasteiger partial charge in [-0.2, -0.15) is 18.3 Å². The average molecular weight is 578 g/mol. The number of hydrogen-bond donors (Lipinski definition) is 1. The topological polar surface area (TPSA) is 77.2 Å². The van der Waals surface area contributed by atoms with Crippen molar-refractivity contribution >= 4 is 17.8 Å². The van der Waals surface area contributed by atoms with Crippen LogP contribution in [0.3, 0.4) is 0 Å². The van der Waals surface area contributed by atoms with Crippen LogP contribution in [0.15, 0.2) is 66.9 Å². The molecule has 0 spiro atoms. The van der Waals surface area contributed by atoms with Crippen molar-refractivity contribution in [3.63, 3.8) is 0 Å². The zero-order valence-corrected chi connectivity index (χ0v) is 21.4. The Morgan fingerprint density at radius 2 is 1.73 bits per heavy atom. The van der Waals surface area contributed by atoms with Gasteiger partial charge in [0, 0.05) is 23.4 Å². The summed E-state index contributed by atoms with van der Waals surface area (Å²) in [6, 6.07) is 17.0. The van der Waals surface area contributed by atoms with Gasteiger partial charge in [-0.15, -0.1) is 0 Å². The maximum absolute atomic E-state index is 13.8. The molecule has 1 saturated carbocycles. The number of pyridine rings is 1. The van der Waals surface area contributed by atoms with Crippen LogP contribution in [0.2, 0.25) is 5.02 Å². The Labute approximate surface area is 230 Å². The van der Waals surface area contributed by atoms with E-state index in [0.29, 0.717) is 39.9 Å². The predicted molar refractivity (Wildman–Crippen MR) is 137 cm³/mol. The summed E-state index contributed by atoms with van der Waals surface area (Å²) in [6.45, 7) is 0. The molecule has 2 aromatic heterocycles. The van der Waals surface area contributed by atoms with E-state index in [9.17, 15) is 26.7 Å². The second-order valence-electron chi connectivity index (χ2n) is 9.46. The molecule has 40 heavy (non-hydrogen) atoms. The molecule has 6 nitrogen and oxygen atoms in total. The van der Waals surface area contributed by atoms with Crippen LogP contribution >= 0.6 is 11.6 Å². The number of rotatable bonds is 5. The Balaban J connectivity index is 1.51. The molecular weight excluding hydrogens is 557 g/mol. The van der Waals surface area contributed by atoms with Crippen molar-refractivity contribution < 1.29 is 36.6 Å². The highest BCUT2D eigenvalue weighted by Gasteiger charge is 2.41. The summed E-state index contributed by atoms with van der Waals surface area (Å²) in [5, 5.41) is 12.9. The first kappa shape index (κ1) is 27.6. The highest BCUT2D eigenvalue weighted by Crippen LogP contribution is 2.42. The predicted octanol–water partition coefficient (Wildman–Crippen LogP) is 8.62. The van der Waals surface area contributed by atoms with Crippen molar-refractivity contribution in [3.05, 3.63) is 83.1 Å². The van der Waals surface area contributed by atoms with E-state index < -0.39 is 29.7 Å². The van der Waals surface area contributed by atoms with Gasteiger partial charge in [0.2, 0.25) is 5.92 Å². The van der Waals surface area contributed by atoms with E-state index >= 15 is 0 Å². The van der Waals surface area contributed by atoms with Crippen LogP contribution in [-0.4, -0.2) is 31.9 Å². The van der Waals surface area contributed by atoms with Crippen molar-refractivity contribution in [1.82, 2.24) is 14.8 Å². The third-order valence-corrected chi connectivity index (χ3v) is 7.06. The molecule has 1 aliphatic rings. The minimum absolute atomic E-state index is 0.0450. The molecule has 0 bridgehead atoms. The Hall–Kier alpha value is -3.99. The lowest BCUT2D eigenvalue weighted by Crippen LogP contribution is -2.23. The highest BCUT2D eigenvalue weighted by molar-refractivity contribution is 6.31. The van der Waals surface area contributed by atoms with Gasteiger partial charge >= 0.3 is 12.3 Å². The molecule has 12 heteroatoms. The van der Waals surface area contributed by atoms with Crippen LogP contribution in [-0.2, 0) is 6.18 Å². The molecular formula is C28H21ClF5N3O3. The SMILES string of the molecule is O=C(O)Oc1cnn(-c2cccc(-c3cc(Cl)ccc3-c3ccc(C4CCC(F)(F)CC4)cc3)n2)c1C(F)(F)F. The number of nitrogens with zero attached hydrogens (tertiary/aromatic N) is 3. The number of benzene rings is 2. The Morgan fingerprint density at radius 3 is 2.38 bits per heavy atom. The summed E-state index contributed by atoms with van der Waals surface area (Å²) in [6.07, 6.45) is -5.72. The van der Waals surface area contributed by atoms with Crippen molar-refractivity contribution in [2.24, 2.45) is 0 Å². The lowest BCUT2D eigenvalue weighted by molar-refractivity contribution is -0.143. The van der Waals surface area contributed by atoms with Crippen LogP contribution in [0.4, 0.5) is 26.7 Å². The quantitative estimate of drug-likeness (QED) is 0.190. The smallest absolute Gasteiger partial charge is 0.449 e. The number of halogens is 6. The molecule has 0 amide bonds. The lowest BCUT2D eigenvalue weighted by Gasteiger charge is -2.28. The average Bonchev–Trinajstić information content (AvgIpc) is 3.33. The van der Waals surface area contributed by atoms with Crippen LogP contribution in [0.25, 0.3) is 28.2 Å². The first-order valence-corrected chi connectivity index (χ1v) is 12.6. The van der Waals surface area contributed by atoms with Gasteiger partial charge in [0.1, 0.15) is 0 Å². The largest absolute Gasteiger partial charge is 0.511 e. The molecule has 0 atom stereocenters. The molecule has 4 aromatic rings. The van der Waals surface area contributed by atoms with E-state index in [1.54, 1.807) is 24.3 Å². The molecule has 208 valence electrons.